The molecule has 1 aromatic rings. The van der Waals surface area contributed by atoms with Crippen LogP contribution in [-0.4, -0.2) is 28.8 Å². The highest BCUT2D eigenvalue weighted by Crippen LogP contribution is 2.25. The SMILES string of the molecule is Brc1nc2c(s1)CCNC2.O=C(O)C(F)(F)F. The first-order valence-corrected chi connectivity index (χ1v) is 6.06. The van der Waals surface area contributed by atoms with Crippen molar-refractivity contribution in [3.8, 4) is 0 Å². The zero-order valence-corrected chi connectivity index (χ0v) is 10.7. The number of hydrogen-bond acceptors (Lipinski definition) is 4. The van der Waals surface area contributed by atoms with E-state index >= 15 is 0 Å². The predicted molar refractivity (Wildman–Crippen MR) is 58.9 cm³/mol. The van der Waals surface area contributed by atoms with Crippen LogP contribution in [0.1, 0.15) is 10.6 Å². The van der Waals surface area contributed by atoms with Gasteiger partial charge in [0.25, 0.3) is 0 Å². The van der Waals surface area contributed by atoms with Gasteiger partial charge in [0.15, 0.2) is 3.92 Å². The summed E-state index contributed by atoms with van der Waals surface area (Å²) in [5.41, 5.74) is 1.23. The molecule has 96 valence electrons. The number of hydrogen-bond donors (Lipinski definition) is 2. The molecule has 0 saturated carbocycles. The van der Waals surface area contributed by atoms with E-state index in [1.54, 1.807) is 11.3 Å². The standard InChI is InChI=1S/C6H7BrN2S.C2HF3O2/c7-6-9-4-3-8-2-1-5(4)10-6;3-2(4,5)1(6)7/h8H,1-3H2;(H,6,7). The Balaban J connectivity index is 0.000000185. The van der Waals surface area contributed by atoms with Gasteiger partial charge in [0.05, 0.1) is 5.69 Å². The Hall–Kier alpha value is -0.670. The highest BCUT2D eigenvalue weighted by molar-refractivity contribution is 9.11. The fraction of sp³-hybridized carbons (Fsp3) is 0.500. The molecule has 0 spiro atoms. The maximum absolute atomic E-state index is 10.6. The molecule has 2 rings (SSSR count). The smallest absolute Gasteiger partial charge is 0.475 e. The highest BCUT2D eigenvalue weighted by atomic mass is 79.9. The van der Waals surface area contributed by atoms with Crippen LogP contribution in [0.3, 0.4) is 0 Å². The molecule has 0 aromatic carbocycles. The molecule has 1 aliphatic heterocycles. The van der Waals surface area contributed by atoms with E-state index in [-0.39, 0.29) is 0 Å². The van der Waals surface area contributed by atoms with Crippen molar-refractivity contribution in [3.63, 3.8) is 0 Å². The first kappa shape index (κ1) is 14.4. The molecule has 0 bridgehead atoms. The molecule has 4 nitrogen and oxygen atoms in total. The summed E-state index contributed by atoms with van der Waals surface area (Å²) in [6.07, 6.45) is -3.95. The van der Waals surface area contributed by atoms with Crippen molar-refractivity contribution >= 4 is 33.2 Å². The summed E-state index contributed by atoms with van der Waals surface area (Å²) in [5, 5.41) is 10.4. The lowest BCUT2D eigenvalue weighted by Crippen LogP contribution is -2.22. The number of thiazole rings is 1. The molecule has 0 saturated heterocycles. The molecule has 2 heterocycles. The average molecular weight is 333 g/mol. The molecule has 0 amide bonds. The van der Waals surface area contributed by atoms with Crippen LogP contribution in [-0.2, 0) is 17.8 Å². The van der Waals surface area contributed by atoms with Crippen LogP contribution in [0.5, 0.6) is 0 Å². The van der Waals surface area contributed by atoms with Crippen LogP contribution >= 0.6 is 27.3 Å². The third-order valence-electron chi connectivity index (χ3n) is 1.82. The van der Waals surface area contributed by atoms with E-state index in [9.17, 15) is 13.2 Å². The Morgan fingerprint density at radius 2 is 2.12 bits per heavy atom. The van der Waals surface area contributed by atoms with Gasteiger partial charge in [-0.3, -0.25) is 0 Å². The van der Waals surface area contributed by atoms with E-state index in [1.165, 1.54) is 10.6 Å². The molecule has 9 heteroatoms. The summed E-state index contributed by atoms with van der Waals surface area (Å²) in [6.45, 7) is 2.04. The second-order valence-electron chi connectivity index (χ2n) is 3.07. The summed E-state index contributed by atoms with van der Waals surface area (Å²) in [6, 6.07) is 0. The van der Waals surface area contributed by atoms with Crippen molar-refractivity contribution in [2.45, 2.75) is 19.1 Å². The number of rotatable bonds is 0. The normalized spacial score (nSPS) is 14.6. The van der Waals surface area contributed by atoms with Crippen LogP contribution in [0, 0.1) is 0 Å². The molecule has 0 atom stereocenters. The molecule has 17 heavy (non-hydrogen) atoms. The molecule has 2 N–H and O–H groups in total. The van der Waals surface area contributed by atoms with Crippen molar-refractivity contribution < 1.29 is 23.1 Å². The molecule has 0 aliphatic carbocycles. The predicted octanol–water partition coefficient (Wildman–Crippen LogP) is 2.18. The lowest BCUT2D eigenvalue weighted by atomic mass is 10.2. The van der Waals surface area contributed by atoms with Gasteiger partial charge in [-0.25, -0.2) is 9.78 Å². The Bertz CT molecular complexity index is 384. The van der Waals surface area contributed by atoms with Gasteiger partial charge < -0.3 is 10.4 Å². The van der Waals surface area contributed by atoms with E-state index in [4.69, 9.17) is 9.90 Å². The van der Waals surface area contributed by atoms with Crippen molar-refractivity contribution in [1.82, 2.24) is 10.3 Å². The number of halogens is 4. The lowest BCUT2D eigenvalue weighted by Gasteiger charge is -2.09. The van der Waals surface area contributed by atoms with Gasteiger partial charge in [-0.05, 0) is 22.4 Å². The van der Waals surface area contributed by atoms with E-state index < -0.39 is 12.1 Å². The summed E-state index contributed by atoms with van der Waals surface area (Å²) < 4.78 is 32.8. The minimum absolute atomic E-state index is 0.942. The number of carboxylic acids is 1. The van der Waals surface area contributed by atoms with Gasteiger partial charge >= 0.3 is 12.1 Å². The summed E-state index contributed by atoms with van der Waals surface area (Å²) in [5.74, 6) is -2.76. The van der Waals surface area contributed by atoms with Crippen LogP contribution in [0.25, 0.3) is 0 Å². The van der Waals surface area contributed by atoms with E-state index in [0.29, 0.717) is 0 Å². The third-order valence-corrected chi connectivity index (χ3v) is 3.42. The zero-order chi connectivity index (χ0) is 13.1. The molecule has 1 aliphatic rings. The number of fused-ring (bicyclic) bond motifs is 1. The minimum Gasteiger partial charge on any atom is -0.475 e. The molecule has 1 aromatic heterocycles. The zero-order valence-electron chi connectivity index (χ0n) is 8.34. The number of nitrogens with zero attached hydrogens (tertiary/aromatic N) is 1. The number of nitrogens with one attached hydrogen (secondary N) is 1. The molecule has 0 fully saturated rings. The number of carboxylic acid groups (broad SMARTS) is 1. The van der Waals surface area contributed by atoms with Gasteiger partial charge in [0.2, 0.25) is 0 Å². The van der Waals surface area contributed by atoms with Gasteiger partial charge in [0.1, 0.15) is 0 Å². The van der Waals surface area contributed by atoms with Crippen molar-refractivity contribution in [1.29, 1.82) is 0 Å². The second-order valence-corrected chi connectivity index (χ2v) is 5.43. The monoisotopic (exact) mass is 332 g/mol. The van der Waals surface area contributed by atoms with Crippen LogP contribution in [0.4, 0.5) is 13.2 Å². The summed E-state index contributed by atoms with van der Waals surface area (Å²) >= 11 is 5.13. The van der Waals surface area contributed by atoms with Crippen molar-refractivity contribution in [2.75, 3.05) is 6.54 Å². The van der Waals surface area contributed by atoms with Crippen LogP contribution in [0.2, 0.25) is 0 Å². The molecule has 0 unspecified atom stereocenters. The minimum atomic E-state index is -5.08. The third kappa shape index (κ3) is 4.60. The maximum Gasteiger partial charge on any atom is 0.490 e. The number of alkyl halides is 3. The first-order valence-electron chi connectivity index (χ1n) is 4.45. The topological polar surface area (TPSA) is 62.2 Å². The maximum atomic E-state index is 10.6. The van der Waals surface area contributed by atoms with Gasteiger partial charge in [-0.15, -0.1) is 11.3 Å². The molecular formula is C8H8BrF3N2O2S. The van der Waals surface area contributed by atoms with Crippen LogP contribution < -0.4 is 5.32 Å². The average Bonchev–Trinajstić information content (AvgIpc) is 2.57. The Labute approximate surface area is 107 Å². The number of aromatic nitrogens is 1. The fourth-order valence-corrected chi connectivity index (χ4v) is 2.69. The van der Waals surface area contributed by atoms with Gasteiger partial charge in [0, 0.05) is 18.0 Å². The highest BCUT2D eigenvalue weighted by Gasteiger charge is 2.38. The fourth-order valence-electron chi connectivity index (χ4n) is 1.09. The van der Waals surface area contributed by atoms with Crippen molar-refractivity contribution in [3.05, 3.63) is 14.5 Å². The van der Waals surface area contributed by atoms with E-state index in [0.717, 1.165) is 23.4 Å². The van der Waals surface area contributed by atoms with E-state index in [2.05, 4.69) is 26.2 Å². The van der Waals surface area contributed by atoms with Gasteiger partial charge in [-0.1, -0.05) is 0 Å². The van der Waals surface area contributed by atoms with Gasteiger partial charge in [-0.2, -0.15) is 13.2 Å². The Kier molecular flexibility index (Phi) is 4.90. The first-order chi connectivity index (χ1) is 7.80. The van der Waals surface area contributed by atoms with Crippen LogP contribution in [0.15, 0.2) is 3.92 Å². The quantitative estimate of drug-likeness (QED) is 0.764. The van der Waals surface area contributed by atoms with E-state index in [1.807, 2.05) is 0 Å². The second kappa shape index (κ2) is 5.78. The Morgan fingerprint density at radius 3 is 2.59 bits per heavy atom. The number of carbonyl (C=O) groups is 1. The molecule has 0 radical (unpaired) electrons. The largest absolute Gasteiger partial charge is 0.490 e. The summed E-state index contributed by atoms with van der Waals surface area (Å²) in [4.78, 5) is 14.7. The number of aliphatic carboxylic acids is 1. The lowest BCUT2D eigenvalue weighted by molar-refractivity contribution is -0.192. The summed E-state index contributed by atoms with van der Waals surface area (Å²) in [7, 11) is 0. The van der Waals surface area contributed by atoms with Crippen molar-refractivity contribution in [2.24, 2.45) is 0 Å². The molecular weight excluding hydrogens is 325 g/mol. The Morgan fingerprint density at radius 1 is 1.53 bits per heavy atom.